The molecule has 0 aromatic carbocycles. The van der Waals surface area contributed by atoms with Crippen molar-refractivity contribution in [2.45, 2.75) is 40.2 Å². The Kier molecular flexibility index (Phi) is 7.36. The van der Waals surface area contributed by atoms with Crippen LogP contribution in [0.3, 0.4) is 0 Å². The molecule has 2 aromatic rings. The molecule has 2 aromatic heterocycles. The van der Waals surface area contributed by atoms with Crippen molar-refractivity contribution < 1.29 is 23.1 Å². The van der Waals surface area contributed by atoms with E-state index in [1.165, 1.54) is 6.20 Å². The Morgan fingerprint density at radius 3 is 2.61 bits per heavy atom. The van der Waals surface area contributed by atoms with Gasteiger partial charge in [-0.15, -0.1) is 0 Å². The van der Waals surface area contributed by atoms with Gasteiger partial charge < -0.3 is 15.4 Å². The second kappa shape index (κ2) is 9.72. The molecule has 0 aliphatic carbocycles. The number of nitrogens with one attached hydrogen (secondary N) is 2. The molecule has 0 aliphatic rings. The van der Waals surface area contributed by atoms with E-state index in [1.54, 1.807) is 39.0 Å². The Hall–Kier alpha value is -3.10. The minimum Gasteiger partial charge on any atom is -0.471 e. The Bertz CT molecular complexity index is 859. The Morgan fingerprint density at radius 1 is 1.25 bits per heavy atom. The van der Waals surface area contributed by atoms with Crippen molar-refractivity contribution in [3.63, 3.8) is 0 Å². The van der Waals surface area contributed by atoms with Gasteiger partial charge in [0, 0.05) is 24.7 Å². The predicted molar refractivity (Wildman–Crippen MR) is 99.5 cm³/mol. The minimum atomic E-state index is -2.57. The first kappa shape index (κ1) is 21.2. The molecule has 0 saturated heterocycles. The van der Waals surface area contributed by atoms with Gasteiger partial charge >= 0.3 is 0 Å². The largest absolute Gasteiger partial charge is 0.471 e. The number of ether oxygens (including phenoxy) is 1. The number of carbonyl (C=O) groups excluding carboxylic acids is 2. The van der Waals surface area contributed by atoms with Crippen molar-refractivity contribution in [2.75, 3.05) is 11.9 Å². The lowest BCUT2D eigenvalue weighted by atomic mass is 10.1. The molecule has 0 saturated carbocycles. The van der Waals surface area contributed by atoms with E-state index in [0.717, 1.165) is 0 Å². The highest BCUT2D eigenvalue weighted by molar-refractivity contribution is 5.96. The zero-order valence-corrected chi connectivity index (χ0v) is 15.9. The van der Waals surface area contributed by atoms with Crippen molar-refractivity contribution >= 4 is 17.6 Å². The van der Waals surface area contributed by atoms with Crippen LogP contribution in [0.4, 0.5) is 14.6 Å². The molecule has 2 amide bonds. The molecule has 0 unspecified atom stereocenters. The van der Waals surface area contributed by atoms with Crippen molar-refractivity contribution in [1.29, 1.82) is 0 Å². The first-order valence-electron chi connectivity index (χ1n) is 8.72. The summed E-state index contributed by atoms with van der Waals surface area (Å²) >= 11 is 0. The number of aryl methyl sites for hydroxylation is 2. The van der Waals surface area contributed by atoms with Crippen LogP contribution >= 0.6 is 0 Å². The number of alkyl halides is 2. The van der Waals surface area contributed by atoms with E-state index in [2.05, 4.69) is 20.6 Å². The third-order valence-electron chi connectivity index (χ3n) is 3.81. The zero-order valence-electron chi connectivity index (χ0n) is 15.9. The number of pyridine rings is 2. The lowest BCUT2D eigenvalue weighted by Crippen LogP contribution is -2.24. The first-order valence-corrected chi connectivity index (χ1v) is 8.72. The average Bonchev–Trinajstić information content (AvgIpc) is 2.65. The predicted octanol–water partition coefficient (Wildman–Crippen LogP) is 3.02. The number of halogens is 2. The maximum absolute atomic E-state index is 12.4. The van der Waals surface area contributed by atoms with Crippen LogP contribution in [0.1, 0.15) is 40.5 Å². The quantitative estimate of drug-likeness (QED) is 0.720. The van der Waals surface area contributed by atoms with Gasteiger partial charge in [-0.25, -0.2) is 18.7 Å². The number of hydrogen-bond donors (Lipinski definition) is 2. The van der Waals surface area contributed by atoms with E-state index in [1.807, 2.05) is 0 Å². The van der Waals surface area contributed by atoms with Gasteiger partial charge in [-0.2, -0.15) is 0 Å². The van der Waals surface area contributed by atoms with E-state index in [9.17, 15) is 18.4 Å². The molecule has 7 nitrogen and oxygen atoms in total. The van der Waals surface area contributed by atoms with E-state index < -0.39 is 13.0 Å². The normalized spacial score (nSPS) is 10.6. The van der Waals surface area contributed by atoms with Gasteiger partial charge in [0.1, 0.15) is 5.82 Å². The van der Waals surface area contributed by atoms with Crippen LogP contribution in [0.5, 0.6) is 5.88 Å². The SMILES string of the molecule is CCC(=O)Nc1ccc(C(=O)NCc2cnc(OCC(F)F)c(C)c2)c(C)n1. The van der Waals surface area contributed by atoms with Crippen LogP contribution in [0.15, 0.2) is 24.4 Å². The smallest absolute Gasteiger partial charge is 0.272 e. The number of rotatable bonds is 8. The molecule has 9 heteroatoms. The van der Waals surface area contributed by atoms with Crippen molar-refractivity contribution in [1.82, 2.24) is 15.3 Å². The number of anilines is 1. The van der Waals surface area contributed by atoms with Crippen LogP contribution in [0.2, 0.25) is 0 Å². The summed E-state index contributed by atoms with van der Waals surface area (Å²) in [6.45, 7) is 4.59. The summed E-state index contributed by atoms with van der Waals surface area (Å²) in [6.07, 6.45) is -0.774. The highest BCUT2D eigenvalue weighted by Crippen LogP contribution is 2.16. The summed E-state index contributed by atoms with van der Waals surface area (Å²) < 4.78 is 29.4. The standard InChI is InChI=1S/C19H22F2N4O3/c1-4-17(26)25-16-6-5-14(12(3)24-16)18(27)22-8-13-7-11(2)19(23-9-13)28-10-15(20)21/h5-7,9,15H,4,8,10H2,1-3H3,(H,22,27)(H,24,25,26). The number of aromatic nitrogens is 2. The molecule has 2 N–H and O–H groups in total. The third-order valence-corrected chi connectivity index (χ3v) is 3.81. The van der Waals surface area contributed by atoms with Gasteiger partial charge in [0.2, 0.25) is 11.8 Å². The molecule has 0 bridgehead atoms. The van der Waals surface area contributed by atoms with Gasteiger partial charge in [-0.1, -0.05) is 6.92 Å². The molecule has 2 rings (SSSR count). The highest BCUT2D eigenvalue weighted by atomic mass is 19.3. The first-order chi connectivity index (χ1) is 13.3. The highest BCUT2D eigenvalue weighted by Gasteiger charge is 2.12. The van der Waals surface area contributed by atoms with Gasteiger partial charge in [-0.3, -0.25) is 9.59 Å². The molecular formula is C19H22F2N4O3. The number of nitrogens with zero attached hydrogens (tertiary/aromatic N) is 2. The molecule has 28 heavy (non-hydrogen) atoms. The average molecular weight is 392 g/mol. The molecule has 150 valence electrons. The molecule has 2 heterocycles. The van der Waals surface area contributed by atoms with Gasteiger partial charge in [0.15, 0.2) is 6.61 Å². The van der Waals surface area contributed by atoms with E-state index in [-0.39, 0.29) is 24.2 Å². The van der Waals surface area contributed by atoms with Crippen LogP contribution in [-0.4, -0.2) is 34.8 Å². The van der Waals surface area contributed by atoms with E-state index >= 15 is 0 Å². The zero-order chi connectivity index (χ0) is 20.7. The number of amides is 2. The molecule has 0 fully saturated rings. The molecule has 0 aliphatic heterocycles. The Labute approximate surface area is 161 Å². The van der Waals surface area contributed by atoms with E-state index in [0.29, 0.717) is 34.6 Å². The molecular weight excluding hydrogens is 370 g/mol. The van der Waals surface area contributed by atoms with Gasteiger partial charge in [0.25, 0.3) is 12.3 Å². The summed E-state index contributed by atoms with van der Waals surface area (Å²) in [4.78, 5) is 32.0. The number of carbonyl (C=O) groups is 2. The fraction of sp³-hybridized carbons (Fsp3) is 0.368. The maximum atomic E-state index is 12.4. The second-order valence-electron chi connectivity index (χ2n) is 6.08. The minimum absolute atomic E-state index is 0.139. The van der Waals surface area contributed by atoms with Crippen LogP contribution < -0.4 is 15.4 Å². The summed E-state index contributed by atoms with van der Waals surface area (Å²) in [7, 11) is 0. The fourth-order valence-electron chi connectivity index (χ4n) is 2.39. The lowest BCUT2D eigenvalue weighted by molar-refractivity contribution is -0.115. The number of hydrogen-bond acceptors (Lipinski definition) is 5. The molecule has 0 spiro atoms. The van der Waals surface area contributed by atoms with E-state index in [4.69, 9.17) is 4.74 Å². The summed E-state index contributed by atoms with van der Waals surface area (Å²) in [6, 6.07) is 4.87. The van der Waals surface area contributed by atoms with Gasteiger partial charge in [0.05, 0.1) is 11.3 Å². The van der Waals surface area contributed by atoms with Crippen molar-refractivity contribution in [3.8, 4) is 5.88 Å². The Morgan fingerprint density at radius 2 is 2.00 bits per heavy atom. The molecule has 0 radical (unpaired) electrons. The Balaban J connectivity index is 1.98. The topological polar surface area (TPSA) is 93.2 Å². The van der Waals surface area contributed by atoms with Crippen molar-refractivity contribution in [3.05, 3.63) is 46.8 Å². The lowest BCUT2D eigenvalue weighted by Gasteiger charge is -2.11. The monoisotopic (exact) mass is 392 g/mol. The van der Waals surface area contributed by atoms with Crippen molar-refractivity contribution in [2.24, 2.45) is 0 Å². The van der Waals surface area contributed by atoms with Crippen LogP contribution in [0.25, 0.3) is 0 Å². The third kappa shape index (κ3) is 5.97. The maximum Gasteiger partial charge on any atom is 0.272 e. The fourth-order valence-corrected chi connectivity index (χ4v) is 2.39. The second-order valence-corrected chi connectivity index (χ2v) is 6.08. The summed E-state index contributed by atoms with van der Waals surface area (Å²) in [5.41, 5.74) is 2.17. The molecule has 0 atom stereocenters. The summed E-state index contributed by atoms with van der Waals surface area (Å²) in [5.74, 6) is 0.0437. The van der Waals surface area contributed by atoms with Gasteiger partial charge in [-0.05, 0) is 37.6 Å². The van der Waals surface area contributed by atoms with Crippen LogP contribution in [-0.2, 0) is 11.3 Å². The van der Waals surface area contributed by atoms with Crippen LogP contribution in [0, 0.1) is 13.8 Å². The summed E-state index contributed by atoms with van der Waals surface area (Å²) in [5, 5.41) is 5.39.